The second kappa shape index (κ2) is 5.90. The van der Waals surface area contributed by atoms with Gasteiger partial charge in [-0.15, -0.1) is 5.10 Å². The average Bonchev–Trinajstić information content (AvgIpc) is 3.02. The molecule has 2 aromatic heterocycles. The molecule has 0 amide bonds. The van der Waals surface area contributed by atoms with Gasteiger partial charge < -0.3 is 4.74 Å². The molecule has 2 heterocycles. The molecule has 1 aliphatic carbocycles. The molecule has 1 aliphatic rings. The topological polar surface area (TPSA) is 69.4 Å². The Labute approximate surface area is 143 Å². The number of rotatable bonds is 3. The third-order valence-corrected chi connectivity index (χ3v) is 4.86. The number of nitrogens with zero attached hydrogens (tertiary/aromatic N) is 4. The Hall–Kier alpha value is -2.41. The fourth-order valence-corrected chi connectivity index (χ4v) is 3.52. The van der Waals surface area contributed by atoms with E-state index < -0.39 is 0 Å². The second-order valence-corrected chi connectivity index (χ2v) is 6.49. The van der Waals surface area contributed by atoms with Crippen molar-refractivity contribution in [3.05, 3.63) is 47.3 Å². The van der Waals surface area contributed by atoms with E-state index in [2.05, 4.69) is 15.1 Å². The molecule has 1 unspecified atom stereocenters. The highest BCUT2D eigenvalue weighted by Crippen LogP contribution is 2.36. The summed E-state index contributed by atoms with van der Waals surface area (Å²) < 4.78 is 7.04. The third kappa shape index (κ3) is 2.45. The summed E-state index contributed by atoms with van der Waals surface area (Å²) in [7, 11) is 1.65. The lowest BCUT2D eigenvalue weighted by atomic mass is 9.82. The summed E-state index contributed by atoms with van der Waals surface area (Å²) in [5.74, 6) is 1.50. The van der Waals surface area contributed by atoms with Crippen LogP contribution in [0.5, 0.6) is 5.75 Å². The summed E-state index contributed by atoms with van der Waals surface area (Å²) in [6, 6.07) is 7.85. The van der Waals surface area contributed by atoms with Gasteiger partial charge in [0.15, 0.2) is 5.78 Å². The zero-order chi connectivity index (χ0) is 16.7. The summed E-state index contributed by atoms with van der Waals surface area (Å²) in [6.07, 6.45) is 4.81. The van der Waals surface area contributed by atoms with Crippen molar-refractivity contribution < 1.29 is 9.53 Å². The van der Waals surface area contributed by atoms with Crippen molar-refractivity contribution in [2.75, 3.05) is 13.4 Å². The molecule has 0 aliphatic heterocycles. The van der Waals surface area contributed by atoms with E-state index in [1.807, 2.05) is 30.5 Å². The molecule has 24 heavy (non-hydrogen) atoms. The Morgan fingerprint density at radius 2 is 2.08 bits per heavy atom. The van der Waals surface area contributed by atoms with Gasteiger partial charge in [-0.1, -0.05) is 30.0 Å². The van der Waals surface area contributed by atoms with Gasteiger partial charge in [-0.3, -0.25) is 4.79 Å². The van der Waals surface area contributed by atoms with Gasteiger partial charge in [0, 0.05) is 18.5 Å². The first kappa shape index (κ1) is 15.1. The lowest BCUT2D eigenvalue weighted by molar-refractivity contribution is 0.0962. The summed E-state index contributed by atoms with van der Waals surface area (Å²) in [5.41, 5.74) is 2.48. The van der Waals surface area contributed by atoms with Crippen molar-refractivity contribution in [2.45, 2.75) is 23.9 Å². The van der Waals surface area contributed by atoms with Crippen LogP contribution < -0.4 is 4.74 Å². The van der Waals surface area contributed by atoms with Crippen LogP contribution in [0.15, 0.2) is 35.6 Å². The average molecular weight is 340 g/mol. The molecule has 1 atom stereocenters. The Morgan fingerprint density at radius 1 is 1.25 bits per heavy atom. The van der Waals surface area contributed by atoms with Gasteiger partial charge in [0.05, 0.1) is 18.4 Å². The van der Waals surface area contributed by atoms with Crippen LogP contribution in [0.3, 0.4) is 0 Å². The van der Waals surface area contributed by atoms with Gasteiger partial charge >= 0.3 is 0 Å². The molecule has 0 bridgehead atoms. The first-order valence-electron chi connectivity index (χ1n) is 7.66. The molecule has 0 spiro atoms. The second-order valence-electron chi connectivity index (χ2n) is 5.71. The van der Waals surface area contributed by atoms with Crippen molar-refractivity contribution in [1.82, 2.24) is 19.6 Å². The number of hydrogen-bond acceptors (Lipinski definition) is 6. The van der Waals surface area contributed by atoms with Crippen LogP contribution in [0, 0.1) is 0 Å². The number of ether oxygens (including phenoxy) is 1. The molecule has 0 saturated carbocycles. The minimum atomic E-state index is 0.0686. The van der Waals surface area contributed by atoms with Crippen molar-refractivity contribution in [1.29, 1.82) is 0 Å². The van der Waals surface area contributed by atoms with E-state index in [1.165, 1.54) is 11.8 Å². The SMILES string of the molecule is COc1ccccc1C1CC(=O)c2cn3nc(SC)nc3nc2C1. The number of para-hydroxylation sites is 1. The zero-order valence-corrected chi connectivity index (χ0v) is 14.2. The first-order chi connectivity index (χ1) is 11.7. The van der Waals surface area contributed by atoms with Crippen LogP contribution in [0.2, 0.25) is 0 Å². The largest absolute Gasteiger partial charge is 0.496 e. The predicted octanol–water partition coefficient (Wildman–Crippen LogP) is 2.77. The van der Waals surface area contributed by atoms with E-state index in [1.54, 1.807) is 17.8 Å². The quantitative estimate of drug-likeness (QED) is 0.683. The molecular weight excluding hydrogens is 324 g/mol. The van der Waals surface area contributed by atoms with Crippen molar-refractivity contribution in [3.8, 4) is 5.75 Å². The number of hydrogen-bond donors (Lipinski definition) is 0. The van der Waals surface area contributed by atoms with Gasteiger partial charge in [0.1, 0.15) is 5.75 Å². The Balaban J connectivity index is 1.77. The van der Waals surface area contributed by atoms with E-state index in [0.29, 0.717) is 29.3 Å². The molecule has 3 aromatic rings. The van der Waals surface area contributed by atoms with Gasteiger partial charge in [0.2, 0.25) is 5.16 Å². The Bertz CT molecular complexity index is 937. The molecule has 6 nitrogen and oxygen atoms in total. The number of Topliss-reactive ketones (excluding diaryl/α,β-unsaturated/α-hetero) is 1. The Morgan fingerprint density at radius 3 is 2.88 bits per heavy atom. The lowest BCUT2D eigenvalue weighted by Gasteiger charge is -2.24. The van der Waals surface area contributed by atoms with Crippen molar-refractivity contribution in [2.24, 2.45) is 0 Å². The highest BCUT2D eigenvalue weighted by molar-refractivity contribution is 7.98. The minimum Gasteiger partial charge on any atom is -0.496 e. The number of methoxy groups -OCH3 is 1. The van der Waals surface area contributed by atoms with E-state index in [0.717, 1.165) is 17.0 Å². The molecular formula is C17H16N4O2S. The number of benzene rings is 1. The molecule has 0 N–H and O–H groups in total. The van der Waals surface area contributed by atoms with Gasteiger partial charge in [-0.25, -0.2) is 9.50 Å². The van der Waals surface area contributed by atoms with E-state index >= 15 is 0 Å². The number of fused-ring (bicyclic) bond motifs is 2. The molecule has 1 aromatic carbocycles. The van der Waals surface area contributed by atoms with E-state index in [4.69, 9.17) is 4.74 Å². The highest BCUT2D eigenvalue weighted by atomic mass is 32.2. The van der Waals surface area contributed by atoms with Gasteiger partial charge in [0.25, 0.3) is 5.78 Å². The van der Waals surface area contributed by atoms with E-state index in [9.17, 15) is 4.79 Å². The maximum atomic E-state index is 12.6. The lowest BCUT2D eigenvalue weighted by Crippen LogP contribution is -2.21. The van der Waals surface area contributed by atoms with Crippen LogP contribution in [-0.2, 0) is 6.42 Å². The number of aromatic nitrogens is 4. The number of carbonyl (C=O) groups is 1. The summed E-state index contributed by atoms with van der Waals surface area (Å²) in [4.78, 5) is 21.6. The molecule has 4 rings (SSSR count). The highest BCUT2D eigenvalue weighted by Gasteiger charge is 2.30. The normalized spacial score (nSPS) is 17.1. The zero-order valence-electron chi connectivity index (χ0n) is 13.4. The number of ketones is 1. The smallest absolute Gasteiger partial charge is 0.253 e. The molecule has 0 fully saturated rings. The molecule has 0 radical (unpaired) electrons. The summed E-state index contributed by atoms with van der Waals surface area (Å²) in [5, 5.41) is 4.96. The van der Waals surface area contributed by atoms with E-state index in [-0.39, 0.29) is 11.7 Å². The molecule has 7 heteroatoms. The standard InChI is InChI=1S/C17H16N4O2S/c1-23-15-6-4-3-5-11(15)10-7-13-12(14(22)8-10)9-21-16(18-13)19-17(20-21)24-2/h3-6,9-10H,7-8H2,1-2H3. The van der Waals surface area contributed by atoms with Gasteiger partial charge in [-0.2, -0.15) is 4.98 Å². The first-order valence-corrected chi connectivity index (χ1v) is 8.88. The fraction of sp³-hybridized carbons (Fsp3) is 0.294. The summed E-state index contributed by atoms with van der Waals surface area (Å²) in [6.45, 7) is 0. The van der Waals surface area contributed by atoms with Crippen LogP contribution >= 0.6 is 11.8 Å². The molecule has 0 saturated heterocycles. The predicted molar refractivity (Wildman–Crippen MR) is 90.9 cm³/mol. The maximum absolute atomic E-state index is 12.6. The van der Waals surface area contributed by atoms with Crippen molar-refractivity contribution in [3.63, 3.8) is 0 Å². The third-order valence-electron chi connectivity index (χ3n) is 4.32. The summed E-state index contributed by atoms with van der Waals surface area (Å²) >= 11 is 1.46. The van der Waals surface area contributed by atoms with Crippen LogP contribution in [0.4, 0.5) is 0 Å². The number of carbonyl (C=O) groups excluding carboxylic acids is 1. The monoisotopic (exact) mass is 340 g/mol. The fourth-order valence-electron chi connectivity index (χ4n) is 3.17. The van der Waals surface area contributed by atoms with Crippen molar-refractivity contribution >= 4 is 23.3 Å². The molecule has 122 valence electrons. The minimum absolute atomic E-state index is 0.0686. The van der Waals surface area contributed by atoms with Crippen LogP contribution in [0.25, 0.3) is 5.78 Å². The van der Waals surface area contributed by atoms with Gasteiger partial charge in [-0.05, 0) is 24.3 Å². The van der Waals surface area contributed by atoms with Crippen LogP contribution in [-0.4, -0.2) is 38.7 Å². The Kier molecular flexibility index (Phi) is 3.72. The maximum Gasteiger partial charge on any atom is 0.253 e. The number of thioether (sulfide) groups is 1. The van der Waals surface area contributed by atoms with Crippen LogP contribution in [0.1, 0.15) is 34.0 Å².